The first-order chi connectivity index (χ1) is 40.5. The number of H-pyrrole nitrogens is 1. The number of aliphatic carboxylic acids is 2. The minimum Gasteiger partial charge on any atom is -0.481 e. The van der Waals surface area contributed by atoms with E-state index in [9.17, 15) is 72.9 Å². The minimum absolute atomic E-state index is 0.0119. The molecular formula is C54H86N16O15S. The van der Waals surface area contributed by atoms with Gasteiger partial charge in [0.2, 0.25) is 59.1 Å². The molecule has 1 heterocycles. The van der Waals surface area contributed by atoms with E-state index in [0.29, 0.717) is 17.7 Å². The molecule has 1 aromatic heterocycles. The van der Waals surface area contributed by atoms with Gasteiger partial charge in [-0.25, -0.2) is 9.78 Å². The van der Waals surface area contributed by atoms with E-state index in [0.717, 1.165) is 0 Å². The highest BCUT2D eigenvalue weighted by Crippen LogP contribution is 2.12. The Hall–Kier alpha value is -8.39. The molecule has 86 heavy (non-hydrogen) atoms. The molecule has 10 amide bonds. The summed E-state index contributed by atoms with van der Waals surface area (Å²) in [6.45, 7) is 10.00. The summed E-state index contributed by atoms with van der Waals surface area (Å²) in [4.78, 5) is 170. The zero-order valence-corrected chi connectivity index (χ0v) is 50.2. The van der Waals surface area contributed by atoms with Crippen LogP contribution >= 0.6 is 12.6 Å². The average Bonchev–Trinajstić information content (AvgIpc) is 3.72. The zero-order valence-electron chi connectivity index (χ0n) is 49.3. The molecule has 2 rings (SSSR count). The van der Waals surface area contributed by atoms with Crippen LogP contribution in [0.3, 0.4) is 0 Å². The molecule has 32 heteroatoms. The number of benzene rings is 1. The van der Waals surface area contributed by atoms with Gasteiger partial charge in [-0.3, -0.25) is 57.7 Å². The number of aliphatic hydroxyl groups is 1. The van der Waals surface area contributed by atoms with E-state index in [1.165, 1.54) is 19.4 Å². The number of nitrogens with one attached hydrogen (secondary N) is 11. The molecule has 478 valence electrons. The second kappa shape index (κ2) is 37.8. The minimum atomic E-state index is -1.91. The number of aromatic amines is 1. The molecule has 11 atom stereocenters. The molecule has 0 saturated carbocycles. The third kappa shape index (κ3) is 27.1. The zero-order chi connectivity index (χ0) is 64.8. The van der Waals surface area contributed by atoms with Crippen LogP contribution in [0.15, 0.2) is 47.8 Å². The Balaban J connectivity index is 2.25. The van der Waals surface area contributed by atoms with Crippen molar-refractivity contribution in [3.8, 4) is 0 Å². The average molecular weight is 1230 g/mol. The Labute approximate surface area is 503 Å². The number of hydrogen-bond donors (Lipinski definition) is 18. The van der Waals surface area contributed by atoms with Gasteiger partial charge in [-0.05, 0) is 55.9 Å². The van der Waals surface area contributed by atoms with Crippen LogP contribution in [0.1, 0.15) is 98.2 Å². The third-order valence-electron chi connectivity index (χ3n) is 13.2. The maximum atomic E-state index is 14.1. The number of nitrogens with two attached hydrogens (primary N) is 3. The number of aromatic nitrogens is 2. The van der Waals surface area contributed by atoms with Crippen molar-refractivity contribution in [2.75, 3.05) is 25.4 Å². The number of nitrogens with zero attached hydrogens (tertiary/aromatic N) is 2. The van der Waals surface area contributed by atoms with Gasteiger partial charge in [-0.1, -0.05) is 78.3 Å². The molecular weight excluding hydrogens is 1140 g/mol. The van der Waals surface area contributed by atoms with Gasteiger partial charge < -0.3 is 90.7 Å². The highest BCUT2D eigenvalue weighted by Gasteiger charge is 2.36. The van der Waals surface area contributed by atoms with E-state index in [1.807, 2.05) is 6.92 Å². The van der Waals surface area contributed by atoms with Crippen molar-refractivity contribution in [2.24, 2.45) is 39.9 Å². The van der Waals surface area contributed by atoms with Gasteiger partial charge in [0.1, 0.15) is 54.4 Å². The Morgan fingerprint density at radius 3 is 1.66 bits per heavy atom. The number of thiol groups is 1. The summed E-state index contributed by atoms with van der Waals surface area (Å²) in [6, 6.07) is -5.79. The van der Waals surface area contributed by atoms with Crippen molar-refractivity contribution in [3.05, 3.63) is 54.1 Å². The summed E-state index contributed by atoms with van der Waals surface area (Å²) < 4.78 is 0. The Morgan fingerprint density at radius 1 is 0.616 bits per heavy atom. The fraction of sp³-hybridized carbons (Fsp3) is 0.593. The number of rotatable bonds is 39. The summed E-state index contributed by atoms with van der Waals surface area (Å²) in [6.07, 6.45) is 1.98. The smallest absolute Gasteiger partial charge is 0.326 e. The number of hydrogen-bond acceptors (Lipinski definition) is 17. The third-order valence-corrected chi connectivity index (χ3v) is 13.5. The van der Waals surface area contributed by atoms with Crippen LogP contribution in [0.25, 0.3) is 0 Å². The van der Waals surface area contributed by atoms with Gasteiger partial charge in [-0.15, -0.1) is 0 Å². The molecule has 0 saturated heterocycles. The van der Waals surface area contributed by atoms with Gasteiger partial charge in [0.25, 0.3) is 0 Å². The fourth-order valence-corrected chi connectivity index (χ4v) is 8.44. The van der Waals surface area contributed by atoms with Crippen LogP contribution in [0, 0.1) is 17.8 Å². The van der Waals surface area contributed by atoms with E-state index in [2.05, 4.69) is 80.8 Å². The van der Waals surface area contributed by atoms with Crippen LogP contribution in [-0.2, 0) is 70.4 Å². The fourth-order valence-electron chi connectivity index (χ4n) is 8.18. The number of amides is 10. The summed E-state index contributed by atoms with van der Waals surface area (Å²) in [5.74, 6) is -13.7. The highest BCUT2D eigenvalue weighted by molar-refractivity contribution is 7.80. The lowest BCUT2D eigenvalue weighted by Crippen LogP contribution is -2.61. The van der Waals surface area contributed by atoms with Crippen molar-refractivity contribution in [1.29, 1.82) is 0 Å². The number of aliphatic hydroxyl groups excluding tert-OH is 1. The molecule has 0 aliphatic carbocycles. The number of carboxylic acid groups (broad SMARTS) is 2. The second-order valence-electron chi connectivity index (χ2n) is 21.4. The molecule has 0 aliphatic rings. The maximum Gasteiger partial charge on any atom is 0.326 e. The molecule has 0 unspecified atom stereocenters. The first kappa shape index (κ1) is 73.7. The van der Waals surface area contributed by atoms with Gasteiger partial charge in [0.15, 0.2) is 5.96 Å². The normalized spacial score (nSPS) is 14.9. The van der Waals surface area contributed by atoms with E-state index >= 15 is 0 Å². The molecule has 2 aromatic rings. The lowest BCUT2D eigenvalue weighted by atomic mass is 9.98. The van der Waals surface area contributed by atoms with E-state index in [1.54, 1.807) is 65.0 Å². The molecule has 0 bridgehead atoms. The molecule has 20 N–H and O–H groups in total. The van der Waals surface area contributed by atoms with Crippen LogP contribution in [0.5, 0.6) is 0 Å². The lowest BCUT2D eigenvalue weighted by Gasteiger charge is -2.27. The SMILES string of the molecule is CC[C@H](C)[C@H](N)C(=O)N[C@@H](Cc1cnc[nH]1)C(=O)N[C@@H](C)C(=O)N[C@@H](CO)C(=O)N[C@@H](CC(C)C)C(=O)N[C@@H](CCCN=C(N)N)C(=O)N[C@@H](CC(=O)O)C(=O)N[C@@H](CS)C(=O)NCC(=O)N[C@@H](CC(C)C)C(=O)N[C@@H](Cc1ccccc1)C(=O)O. The van der Waals surface area contributed by atoms with Crippen molar-refractivity contribution in [2.45, 2.75) is 160 Å². The standard InChI is InChI=1S/C54H86N16O15S/c1-8-29(6)43(55)52(83)67-36(20-32-22-58-26-61-32)47(78)62-30(7)44(75)69-39(24-71)51(82)65-35(18-28(4)5)49(80)64-33(15-12-16-59-54(56)57)46(77)66-37(21-42(73)74)50(81)70-40(25-86)45(76)60-23-41(72)63-34(17-27(2)3)48(79)68-38(53(84)85)19-31-13-10-9-11-14-31/h9-11,13-14,22,26-30,33-40,43,71,86H,8,12,15-21,23-25,55H2,1-7H3,(H,58,61)(H,60,76)(H,62,78)(H,63,72)(H,64,80)(H,65,82)(H,66,77)(H,67,83)(H,68,79)(H,69,75)(H,70,81)(H,73,74)(H,84,85)(H4,56,57,59)/t29-,30-,33-,34-,35-,36-,37-,38-,39-,40-,43-/m0/s1. The lowest BCUT2D eigenvalue weighted by molar-refractivity contribution is -0.142. The van der Waals surface area contributed by atoms with Crippen LogP contribution in [0.2, 0.25) is 0 Å². The van der Waals surface area contributed by atoms with Crippen molar-refractivity contribution < 1.29 is 72.9 Å². The molecule has 0 spiro atoms. The summed E-state index contributed by atoms with van der Waals surface area (Å²) in [7, 11) is 0. The first-order valence-electron chi connectivity index (χ1n) is 28.0. The Bertz CT molecular complexity index is 2630. The number of carbonyl (C=O) groups is 12. The van der Waals surface area contributed by atoms with Crippen molar-refractivity contribution in [3.63, 3.8) is 0 Å². The number of carbonyl (C=O) groups excluding carboxylic acids is 10. The first-order valence-corrected chi connectivity index (χ1v) is 28.6. The van der Waals surface area contributed by atoms with Crippen LogP contribution < -0.4 is 70.4 Å². The Morgan fingerprint density at radius 2 is 1.13 bits per heavy atom. The summed E-state index contributed by atoms with van der Waals surface area (Å²) in [5, 5.41) is 54.1. The summed E-state index contributed by atoms with van der Waals surface area (Å²) >= 11 is 4.13. The predicted octanol–water partition coefficient (Wildman–Crippen LogP) is -4.31. The molecule has 0 fully saturated rings. The summed E-state index contributed by atoms with van der Waals surface area (Å²) in [5.41, 5.74) is 18.1. The molecule has 0 aliphatic heterocycles. The molecule has 31 nitrogen and oxygen atoms in total. The largest absolute Gasteiger partial charge is 0.481 e. The number of aliphatic imine (C=N–C) groups is 1. The van der Waals surface area contributed by atoms with E-state index in [4.69, 9.17) is 17.2 Å². The molecule has 1 aromatic carbocycles. The van der Waals surface area contributed by atoms with Gasteiger partial charge in [0, 0.05) is 37.0 Å². The topological polar surface area (TPSA) is 505 Å². The quantitative estimate of drug-likeness (QED) is 0.0130. The second-order valence-corrected chi connectivity index (χ2v) is 21.8. The Kier molecular flexibility index (Phi) is 32.4. The predicted molar refractivity (Wildman–Crippen MR) is 316 cm³/mol. The van der Waals surface area contributed by atoms with Crippen molar-refractivity contribution in [1.82, 2.24) is 63.1 Å². The highest BCUT2D eigenvalue weighted by atomic mass is 32.1. The van der Waals surface area contributed by atoms with Crippen molar-refractivity contribution >= 4 is 89.6 Å². The molecule has 0 radical (unpaired) electrons. The van der Waals surface area contributed by atoms with E-state index < -0.39 is 157 Å². The maximum absolute atomic E-state index is 14.1. The van der Waals surface area contributed by atoms with Gasteiger partial charge in [0.05, 0.1) is 31.9 Å². The van der Waals surface area contributed by atoms with Gasteiger partial charge >= 0.3 is 11.9 Å². The van der Waals surface area contributed by atoms with E-state index in [-0.39, 0.29) is 68.8 Å². The van der Waals surface area contributed by atoms with Crippen LogP contribution in [0.4, 0.5) is 0 Å². The number of imidazole rings is 1. The van der Waals surface area contributed by atoms with Crippen LogP contribution in [-0.4, -0.2) is 188 Å². The monoisotopic (exact) mass is 1230 g/mol. The number of carboxylic acids is 2. The van der Waals surface area contributed by atoms with Gasteiger partial charge in [-0.2, -0.15) is 12.6 Å². The number of guanidine groups is 1.